The summed E-state index contributed by atoms with van der Waals surface area (Å²) >= 11 is 0. The molecule has 0 aromatic rings. The summed E-state index contributed by atoms with van der Waals surface area (Å²) in [5.74, 6) is 3.13. The van der Waals surface area contributed by atoms with Crippen molar-refractivity contribution < 1.29 is 44.8 Å². The molecule has 6 heteroatoms. The van der Waals surface area contributed by atoms with Gasteiger partial charge in [-0.25, -0.2) is 0 Å². The van der Waals surface area contributed by atoms with Crippen molar-refractivity contribution in [2.45, 2.75) is 0 Å². The Balaban J connectivity index is -0.0000000800. The molecule has 16 heavy (non-hydrogen) atoms. The van der Waals surface area contributed by atoms with Crippen LogP contribution < -0.4 is 0 Å². The summed E-state index contributed by atoms with van der Waals surface area (Å²) in [5.41, 5.74) is 0. The van der Waals surface area contributed by atoms with Crippen LogP contribution >= 0.6 is 31.7 Å². The zero-order valence-electron chi connectivity index (χ0n) is 12.0. The maximum Gasteiger partial charge on any atom is 1.00 e. The van der Waals surface area contributed by atoms with Crippen molar-refractivity contribution in [3.63, 3.8) is 0 Å². The van der Waals surface area contributed by atoms with E-state index in [2.05, 4.69) is 53.3 Å². The van der Waals surface area contributed by atoms with E-state index in [1.54, 1.807) is 11.8 Å². The van der Waals surface area contributed by atoms with Gasteiger partial charge in [-0.2, -0.15) is 0 Å². The maximum atomic E-state index is 2.39. The first-order valence-corrected chi connectivity index (χ1v) is 16.2. The molecule has 0 N–H and O–H groups in total. The predicted octanol–water partition coefficient (Wildman–Crippen LogP) is 3.78. The van der Waals surface area contributed by atoms with E-state index in [-0.39, 0.29) is 76.4 Å². The van der Waals surface area contributed by atoms with Gasteiger partial charge in [0.2, 0.25) is 0 Å². The van der Waals surface area contributed by atoms with Gasteiger partial charge in [0.1, 0.15) is 0 Å². The molecule has 0 aromatic heterocycles. The molecule has 0 spiro atoms. The molecule has 0 amide bonds. The Morgan fingerprint density at radius 2 is 0.562 bits per heavy atom. The molecular weight excluding hydrogens is 460 g/mol. The minimum absolute atomic E-state index is 0. The molecule has 0 aromatic carbocycles. The van der Waals surface area contributed by atoms with E-state index in [9.17, 15) is 0 Å². The topological polar surface area (TPSA) is 0 Å². The van der Waals surface area contributed by atoms with E-state index in [0.29, 0.717) is 0 Å². The minimum Gasteiger partial charge on any atom is 0.0323 e. The molecule has 0 aliphatic heterocycles. The van der Waals surface area contributed by atoms with Gasteiger partial charge in [-0.15, -0.1) is 0 Å². The Morgan fingerprint density at radius 3 is 0.562 bits per heavy atom. The average molecular weight is 492 g/mol. The van der Waals surface area contributed by atoms with Crippen molar-refractivity contribution in [1.82, 2.24) is 0 Å². The summed E-state index contributed by atoms with van der Waals surface area (Å²) in [5, 5.41) is 0. The van der Waals surface area contributed by atoms with Crippen LogP contribution in [0.3, 0.4) is 0 Å². The second-order valence-corrected chi connectivity index (χ2v) is 17.7. The Hall–Kier alpha value is 3.20. The van der Waals surface area contributed by atoms with Crippen LogP contribution in [0.5, 0.6) is 0 Å². The fraction of sp³-hybridized carbons (Fsp3) is 1.00. The van der Waals surface area contributed by atoms with Crippen molar-refractivity contribution in [1.29, 1.82) is 0 Å². The van der Waals surface area contributed by atoms with Crippen LogP contribution in [0.4, 0.5) is 0 Å². The largest absolute Gasteiger partial charge is 1.00 e. The molecular formula is C10H32Ag2P4+6. The van der Waals surface area contributed by atoms with E-state index >= 15 is 0 Å². The molecule has 0 aliphatic carbocycles. The molecule has 0 aliphatic rings. The van der Waals surface area contributed by atoms with Gasteiger partial charge >= 0.3 is 44.8 Å². The summed E-state index contributed by atoms with van der Waals surface area (Å²) in [4.78, 5) is 0. The number of rotatable bonds is 4. The van der Waals surface area contributed by atoms with E-state index < -0.39 is 0 Å². The van der Waals surface area contributed by atoms with Gasteiger partial charge in [-0.05, 0) is 0 Å². The molecule has 0 unspecified atom stereocenters. The van der Waals surface area contributed by atoms with Crippen molar-refractivity contribution >= 4 is 31.7 Å². The van der Waals surface area contributed by atoms with Crippen LogP contribution in [-0.2, 0) is 44.8 Å². The molecule has 0 atom stereocenters. The average Bonchev–Trinajstić information content (AvgIpc) is 1.79. The van der Waals surface area contributed by atoms with Crippen molar-refractivity contribution in [2.24, 2.45) is 0 Å². The molecule has 108 valence electrons. The summed E-state index contributed by atoms with van der Waals surface area (Å²) in [6.45, 7) is 19.1. The fourth-order valence-corrected chi connectivity index (χ4v) is 12.7. The zero-order valence-corrected chi connectivity index (χ0v) is 19.0. The first-order chi connectivity index (χ1) is 6.25. The first kappa shape index (κ1) is 27.5. The molecule has 0 nitrogen and oxygen atoms in total. The zero-order chi connectivity index (χ0) is 11.7. The van der Waals surface area contributed by atoms with Gasteiger partial charge < -0.3 is 0 Å². The van der Waals surface area contributed by atoms with E-state index in [0.717, 1.165) is 0 Å². The van der Waals surface area contributed by atoms with Crippen LogP contribution in [0.1, 0.15) is 0 Å². The van der Waals surface area contributed by atoms with Crippen LogP contribution in [0.25, 0.3) is 0 Å². The molecule has 0 radical (unpaired) electrons. The van der Waals surface area contributed by atoms with Gasteiger partial charge in [0.25, 0.3) is 0 Å². The standard InChI is InChI=1S/2C5H14P2.2Ag/c2*1-6(2)5-7(3)4;;/h2*5H2,1-4H3;;/q;;2*+1/p+4. The molecule has 0 bridgehead atoms. The molecule has 0 saturated carbocycles. The fourth-order valence-electron chi connectivity index (χ4n) is 1.41. The summed E-state index contributed by atoms with van der Waals surface area (Å²) in [6, 6.07) is 0. The summed E-state index contributed by atoms with van der Waals surface area (Å²) in [6.07, 6.45) is 0. The SMILES string of the molecule is C[PH+](C)C[PH+](C)C.C[PH+](C)C[PH+](C)C.[Ag+].[Ag+]. The van der Waals surface area contributed by atoms with Crippen molar-refractivity contribution in [2.75, 3.05) is 65.1 Å². The van der Waals surface area contributed by atoms with Gasteiger partial charge in [0.15, 0.2) is 11.8 Å². The Kier molecular flexibility index (Phi) is 31.3. The van der Waals surface area contributed by atoms with E-state index in [1.807, 2.05) is 0 Å². The summed E-state index contributed by atoms with van der Waals surface area (Å²) < 4.78 is 0. The third-order valence-corrected chi connectivity index (χ3v) is 12.7. The molecule has 0 rings (SSSR count). The Morgan fingerprint density at radius 1 is 0.438 bits per heavy atom. The van der Waals surface area contributed by atoms with E-state index in [1.165, 1.54) is 0 Å². The van der Waals surface area contributed by atoms with Crippen molar-refractivity contribution in [3.8, 4) is 0 Å². The Bertz CT molecular complexity index is 93.4. The number of hydrogen-bond acceptors (Lipinski definition) is 0. The second kappa shape index (κ2) is 18.2. The van der Waals surface area contributed by atoms with Gasteiger partial charge in [0, 0.05) is 85.0 Å². The van der Waals surface area contributed by atoms with Gasteiger partial charge in [-0.1, -0.05) is 0 Å². The molecule has 0 heterocycles. The van der Waals surface area contributed by atoms with Gasteiger partial charge in [-0.3, -0.25) is 0 Å². The smallest absolute Gasteiger partial charge is 0.0323 e. The van der Waals surface area contributed by atoms with Crippen molar-refractivity contribution in [3.05, 3.63) is 0 Å². The summed E-state index contributed by atoms with van der Waals surface area (Å²) in [7, 11) is 0.444. The molecule has 0 fully saturated rings. The third-order valence-electron chi connectivity index (χ3n) is 1.41. The first-order valence-electron chi connectivity index (χ1n) is 5.41. The van der Waals surface area contributed by atoms with Crippen LogP contribution in [0, 0.1) is 0 Å². The van der Waals surface area contributed by atoms with E-state index in [4.69, 9.17) is 0 Å². The van der Waals surface area contributed by atoms with Gasteiger partial charge in [0.05, 0.1) is 0 Å². The minimum atomic E-state index is 0. The monoisotopic (exact) mass is 490 g/mol. The predicted molar refractivity (Wildman–Crippen MR) is 90.4 cm³/mol. The third kappa shape index (κ3) is 36.0. The maximum absolute atomic E-state index is 2.39. The second-order valence-electron chi connectivity index (χ2n) is 5.18. The van der Waals surface area contributed by atoms with Crippen LogP contribution in [0.2, 0.25) is 0 Å². The molecule has 0 saturated heterocycles. The van der Waals surface area contributed by atoms with Crippen LogP contribution in [-0.4, -0.2) is 65.1 Å². The quantitative estimate of drug-likeness (QED) is 0.415. The normalized spacial score (nSPS) is 9.75. The Labute approximate surface area is 140 Å². The number of hydrogen-bond donors (Lipinski definition) is 0. The van der Waals surface area contributed by atoms with Crippen LogP contribution in [0.15, 0.2) is 0 Å².